The Hall–Kier alpha value is -1.53. The Morgan fingerprint density at radius 3 is 2.50 bits per heavy atom. The Morgan fingerprint density at radius 1 is 1.33 bits per heavy atom. The molecule has 1 unspecified atom stereocenters. The van der Waals surface area contributed by atoms with Gasteiger partial charge in [-0.1, -0.05) is 0 Å². The Kier molecular flexibility index (Phi) is 3.58. The van der Waals surface area contributed by atoms with E-state index in [0.717, 1.165) is 18.5 Å². The third-order valence-electron chi connectivity index (χ3n) is 3.89. The molecular formula is C15H21N3. The predicted molar refractivity (Wildman–Crippen MR) is 74.7 cm³/mol. The molecule has 18 heavy (non-hydrogen) atoms. The molecule has 0 amide bonds. The lowest BCUT2D eigenvalue weighted by molar-refractivity contribution is 0.302. The van der Waals surface area contributed by atoms with Crippen molar-refractivity contribution >= 4 is 5.69 Å². The topological polar surface area (TPSA) is 39.1 Å². The van der Waals surface area contributed by atoms with Crippen LogP contribution in [0.25, 0.3) is 0 Å². The quantitative estimate of drug-likeness (QED) is 0.867. The van der Waals surface area contributed by atoms with E-state index in [-0.39, 0.29) is 5.54 Å². The number of piperidine rings is 1. The monoisotopic (exact) mass is 243 g/mol. The second kappa shape index (κ2) is 4.99. The van der Waals surface area contributed by atoms with E-state index in [9.17, 15) is 0 Å². The van der Waals surface area contributed by atoms with Crippen LogP contribution in [0.5, 0.6) is 0 Å². The summed E-state index contributed by atoms with van der Waals surface area (Å²) in [4.78, 5) is 2.45. The van der Waals surface area contributed by atoms with E-state index in [1.54, 1.807) is 0 Å². The standard InChI is InChI=1S/C15H21N3/c1-15(2)10-13(17-3)8-9-18(15)14-6-4-12(11-16)5-7-14/h4-7,13,17H,8-10H2,1-3H3. The van der Waals surface area contributed by atoms with Gasteiger partial charge in [0.15, 0.2) is 0 Å². The normalized spacial score (nSPS) is 22.6. The highest BCUT2D eigenvalue weighted by Crippen LogP contribution is 2.32. The minimum absolute atomic E-state index is 0.153. The number of anilines is 1. The molecule has 0 spiro atoms. The summed E-state index contributed by atoms with van der Waals surface area (Å²) in [5.74, 6) is 0. The van der Waals surface area contributed by atoms with Crippen LogP contribution in [0.15, 0.2) is 24.3 Å². The van der Waals surface area contributed by atoms with Crippen LogP contribution in [0.3, 0.4) is 0 Å². The molecule has 0 aromatic heterocycles. The molecule has 1 fully saturated rings. The number of hydrogen-bond donors (Lipinski definition) is 1. The lowest BCUT2D eigenvalue weighted by atomic mass is 9.86. The van der Waals surface area contributed by atoms with Crippen LogP contribution >= 0.6 is 0 Å². The number of nitriles is 1. The third kappa shape index (κ3) is 2.49. The van der Waals surface area contributed by atoms with Crippen molar-refractivity contribution in [3.8, 4) is 6.07 Å². The van der Waals surface area contributed by atoms with Crippen LogP contribution in [0.4, 0.5) is 5.69 Å². The average molecular weight is 243 g/mol. The molecule has 1 aliphatic rings. The van der Waals surface area contributed by atoms with Crippen molar-refractivity contribution in [1.29, 1.82) is 5.26 Å². The maximum atomic E-state index is 8.84. The zero-order valence-corrected chi connectivity index (χ0v) is 11.4. The zero-order valence-electron chi connectivity index (χ0n) is 11.4. The van der Waals surface area contributed by atoms with Gasteiger partial charge in [0.25, 0.3) is 0 Å². The largest absolute Gasteiger partial charge is 0.366 e. The van der Waals surface area contributed by atoms with E-state index >= 15 is 0 Å². The first-order chi connectivity index (χ1) is 8.56. The molecule has 1 aromatic rings. The van der Waals surface area contributed by atoms with Crippen molar-refractivity contribution < 1.29 is 0 Å². The van der Waals surface area contributed by atoms with E-state index < -0.39 is 0 Å². The van der Waals surface area contributed by atoms with Crippen molar-refractivity contribution in [3.05, 3.63) is 29.8 Å². The van der Waals surface area contributed by atoms with Crippen molar-refractivity contribution in [2.24, 2.45) is 0 Å². The van der Waals surface area contributed by atoms with E-state index in [0.29, 0.717) is 6.04 Å². The number of nitrogens with zero attached hydrogens (tertiary/aromatic N) is 2. The van der Waals surface area contributed by atoms with Crippen LogP contribution < -0.4 is 10.2 Å². The minimum atomic E-state index is 0.153. The Balaban J connectivity index is 2.20. The molecule has 0 aliphatic carbocycles. The molecule has 2 rings (SSSR count). The van der Waals surface area contributed by atoms with E-state index in [1.807, 2.05) is 19.2 Å². The summed E-state index contributed by atoms with van der Waals surface area (Å²) < 4.78 is 0. The summed E-state index contributed by atoms with van der Waals surface area (Å²) in [5, 5.41) is 12.2. The van der Waals surface area contributed by atoms with E-state index in [2.05, 4.69) is 42.3 Å². The van der Waals surface area contributed by atoms with Gasteiger partial charge in [-0.15, -0.1) is 0 Å². The van der Waals surface area contributed by atoms with Gasteiger partial charge in [-0.25, -0.2) is 0 Å². The number of hydrogen-bond acceptors (Lipinski definition) is 3. The van der Waals surface area contributed by atoms with Gasteiger partial charge < -0.3 is 10.2 Å². The molecule has 3 nitrogen and oxygen atoms in total. The minimum Gasteiger partial charge on any atom is -0.366 e. The van der Waals surface area contributed by atoms with Gasteiger partial charge >= 0.3 is 0 Å². The summed E-state index contributed by atoms with van der Waals surface area (Å²) in [6.45, 7) is 5.63. The van der Waals surface area contributed by atoms with Gasteiger partial charge in [0.2, 0.25) is 0 Å². The molecule has 1 atom stereocenters. The van der Waals surface area contributed by atoms with Crippen molar-refractivity contribution in [3.63, 3.8) is 0 Å². The molecule has 0 saturated carbocycles. The maximum absolute atomic E-state index is 8.84. The Labute approximate surface area is 109 Å². The highest BCUT2D eigenvalue weighted by molar-refractivity contribution is 5.52. The molecular weight excluding hydrogens is 222 g/mol. The van der Waals surface area contributed by atoms with Crippen molar-refractivity contribution in [2.75, 3.05) is 18.5 Å². The van der Waals surface area contributed by atoms with E-state index in [1.165, 1.54) is 12.1 Å². The Morgan fingerprint density at radius 2 is 2.00 bits per heavy atom. The molecule has 1 heterocycles. The predicted octanol–water partition coefficient (Wildman–Crippen LogP) is 2.53. The zero-order chi connectivity index (χ0) is 13.2. The molecule has 0 bridgehead atoms. The number of benzene rings is 1. The van der Waals surface area contributed by atoms with Gasteiger partial charge in [0.1, 0.15) is 0 Å². The summed E-state index contributed by atoms with van der Waals surface area (Å²) in [6, 6.07) is 10.7. The smallest absolute Gasteiger partial charge is 0.0991 e. The van der Waals surface area contributed by atoms with Crippen LogP contribution in [-0.4, -0.2) is 25.2 Å². The van der Waals surface area contributed by atoms with Crippen LogP contribution in [0.1, 0.15) is 32.3 Å². The highest BCUT2D eigenvalue weighted by Gasteiger charge is 2.34. The fraction of sp³-hybridized carbons (Fsp3) is 0.533. The SMILES string of the molecule is CNC1CCN(c2ccc(C#N)cc2)C(C)(C)C1. The molecule has 3 heteroatoms. The fourth-order valence-corrected chi connectivity index (χ4v) is 2.84. The first-order valence-corrected chi connectivity index (χ1v) is 6.52. The van der Waals surface area contributed by atoms with Gasteiger partial charge in [-0.3, -0.25) is 0 Å². The number of rotatable bonds is 2. The summed E-state index contributed by atoms with van der Waals surface area (Å²) in [7, 11) is 2.04. The van der Waals surface area contributed by atoms with Crippen LogP contribution in [0, 0.1) is 11.3 Å². The summed E-state index contributed by atoms with van der Waals surface area (Å²) in [5.41, 5.74) is 2.09. The molecule has 1 aliphatic heterocycles. The molecule has 1 N–H and O–H groups in total. The fourth-order valence-electron chi connectivity index (χ4n) is 2.84. The third-order valence-corrected chi connectivity index (χ3v) is 3.89. The van der Waals surface area contributed by atoms with E-state index in [4.69, 9.17) is 5.26 Å². The molecule has 1 saturated heterocycles. The first-order valence-electron chi connectivity index (χ1n) is 6.52. The molecule has 1 aromatic carbocycles. The van der Waals surface area contributed by atoms with Crippen LogP contribution in [0.2, 0.25) is 0 Å². The van der Waals surface area contributed by atoms with Crippen LogP contribution in [-0.2, 0) is 0 Å². The summed E-state index contributed by atoms with van der Waals surface area (Å²) >= 11 is 0. The first kappa shape index (κ1) is 12.9. The van der Waals surface area contributed by atoms with Crippen molar-refractivity contribution in [2.45, 2.75) is 38.3 Å². The number of nitrogens with one attached hydrogen (secondary N) is 1. The average Bonchev–Trinajstić information content (AvgIpc) is 2.38. The maximum Gasteiger partial charge on any atom is 0.0991 e. The van der Waals surface area contributed by atoms with Gasteiger partial charge in [0, 0.05) is 23.8 Å². The highest BCUT2D eigenvalue weighted by atomic mass is 15.2. The second-order valence-electron chi connectivity index (χ2n) is 5.60. The summed E-state index contributed by atoms with van der Waals surface area (Å²) in [6.07, 6.45) is 2.31. The lowest BCUT2D eigenvalue weighted by Crippen LogP contribution is -2.54. The Bertz CT molecular complexity index is 442. The second-order valence-corrected chi connectivity index (χ2v) is 5.60. The van der Waals surface area contributed by atoms with Gasteiger partial charge in [-0.05, 0) is 58.0 Å². The van der Waals surface area contributed by atoms with Gasteiger partial charge in [-0.2, -0.15) is 5.26 Å². The molecule has 96 valence electrons. The molecule has 0 radical (unpaired) electrons. The van der Waals surface area contributed by atoms with Crippen molar-refractivity contribution in [1.82, 2.24) is 5.32 Å². The lowest BCUT2D eigenvalue weighted by Gasteiger charge is -2.47. The van der Waals surface area contributed by atoms with Gasteiger partial charge in [0.05, 0.1) is 11.6 Å².